The van der Waals surface area contributed by atoms with Gasteiger partial charge in [-0.1, -0.05) is 0 Å². The highest BCUT2D eigenvalue weighted by Gasteiger charge is 2.15. The zero-order valence-electron chi connectivity index (χ0n) is 9.02. The number of benzene rings is 1. The van der Waals surface area contributed by atoms with Gasteiger partial charge in [0.25, 0.3) is 0 Å². The van der Waals surface area contributed by atoms with E-state index in [1.54, 1.807) is 32.4 Å². The standard InChI is InChI=1S/C11H14O4/c1-13-8-4-5-10(14-2)9(6-8)11(7-12)15-3/h4-7,11H,1-3H3. The fourth-order valence-corrected chi connectivity index (χ4v) is 1.32. The summed E-state index contributed by atoms with van der Waals surface area (Å²) in [7, 11) is 4.58. The number of ether oxygens (including phenoxy) is 3. The molecule has 0 saturated carbocycles. The summed E-state index contributed by atoms with van der Waals surface area (Å²) in [6, 6.07) is 5.23. The minimum Gasteiger partial charge on any atom is -0.497 e. The summed E-state index contributed by atoms with van der Waals surface area (Å²) in [5, 5.41) is 0. The number of carbonyl (C=O) groups excluding carboxylic acids is 1. The van der Waals surface area contributed by atoms with Gasteiger partial charge >= 0.3 is 0 Å². The molecule has 0 aliphatic rings. The fraction of sp³-hybridized carbons (Fsp3) is 0.364. The number of rotatable bonds is 5. The first kappa shape index (κ1) is 11.5. The van der Waals surface area contributed by atoms with Crippen LogP contribution < -0.4 is 9.47 Å². The highest BCUT2D eigenvalue weighted by Crippen LogP contribution is 2.29. The number of hydrogen-bond donors (Lipinski definition) is 0. The predicted octanol–water partition coefficient (Wildman–Crippen LogP) is 1.59. The smallest absolute Gasteiger partial charge is 0.153 e. The van der Waals surface area contributed by atoms with E-state index in [4.69, 9.17) is 14.2 Å². The maximum atomic E-state index is 10.8. The molecule has 0 spiro atoms. The molecule has 0 saturated heterocycles. The zero-order valence-corrected chi connectivity index (χ0v) is 9.02. The summed E-state index contributed by atoms with van der Waals surface area (Å²) in [5.74, 6) is 1.27. The van der Waals surface area contributed by atoms with Crippen molar-refractivity contribution >= 4 is 6.29 Å². The molecule has 0 fully saturated rings. The van der Waals surface area contributed by atoms with Crippen LogP contribution in [0.1, 0.15) is 11.7 Å². The summed E-state index contributed by atoms with van der Waals surface area (Å²) in [5.41, 5.74) is 0.661. The van der Waals surface area contributed by atoms with Crippen LogP contribution in [-0.4, -0.2) is 27.6 Å². The largest absolute Gasteiger partial charge is 0.497 e. The van der Waals surface area contributed by atoms with Gasteiger partial charge in [0, 0.05) is 12.7 Å². The Kier molecular flexibility index (Phi) is 4.12. The van der Waals surface area contributed by atoms with E-state index >= 15 is 0 Å². The van der Waals surface area contributed by atoms with Crippen LogP contribution in [0.15, 0.2) is 18.2 Å². The van der Waals surface area contributed by atoms with E-state index in [-0.39, 0.29) is 0 Å². The van der Waals surface area contributed by atoms with Crippen LogP contribution in [0.25, 0.3) is 0 Å². The first-order valence-corrected chi connectivity index (χ1v) is 4.46. The second-order valence-corrected chi connectivity index (χ2v) is 2.90. The van der Waals surface area contributed by atoms with E-state index in [2.05, 4.69) is 0 Å². The van der Waals surface area contributed by atoms with Gasteiger partial charge < -0.3 is 19.0 Å². The van der Waals surface area contributed by atoms with Gasteiger partial charge in [-0.3, -0.25) is 0 Å². The maximum Gasteiger partial charge on any atom is 0.153 e. The lowest BCUT2D eigenvalue weighted by Gasteiger charge is -2.14. The van der Waals surface area contributed by atoms with E-state index in [9.17, 15) is 4.79 Å². The third kappa shape index (κ3) is 2.47. The van der Waals surface area contributed by atoms with Crippen molar-refractivity contribution in [2.24, 2.45) is 0 Å². The van der Waals surface area contributed by atoms with Gasteiger partial charge in [-0.05, 0) is 18.2 Å². The molecule has 4 nitrogen and oxygen atoms in total. The normalized spacial score (nSPS) is 11.9. The highest BCUT2D eigenvalue weighted by molar-refractivity contribution is 5.63. The van der Waals surface area contributed by atoms with E-state index in [0.717, 1.165) is 6.29 Å². The van der Waals surface area contributed by atoms with Gasteiger partial charge in [0.15, 0.2) is 6.29 Å². The molecule has 4 heteroatoms. The first-order chi connectivity index (χ1) is 7.26. The molecular formula is C11H14O4. The van der Waals surface area contributed by atoms with Gasteiger partial charge in [0.1, 0.15) is 17.6 Å². The highest BCUT2D eigenvalue weighted by atomic mass is 16.5. The predicted molar refractivity (Wildman–Crippen MR) is 55.4 cm³/mol. The molecule has 1 aromatic rings. The summed E-state index contributed by atoms with van der Waals surface area (Å²) in [6.45, 7) is 0. The van der Waals surface area contributed by atoms with E-state index in [1.165, 1.54) is 7.11 Å². The molecule has 82 valence electrons. The van der Waals surface area contributed by atoms with E-state index in [0.29, 0.717) is 17.1 Å². The summed E-state index contributed by atoms with van der Waals surface area (Å²) < 4.78 is 15.2. The Hall–Kier alpha value is -1.55. The second kappa shape index (κ2) is 5.36. The molecule has 0 aromatic heterocycles. The lowest BCUT2D eigenvalue weighted by atomic mass is 10.1. The van der Waals surface area contributed by atoms with Crippen molar-refractivity contribution in [1.82, 2.24) is 0 Å². The lowest BCUT2D eigenvalue weighted by Crippen LogP contribution is -2.05. The SMILES string of the molecule is COc1ccc(OC)c(C(C=O)OC)c1. The van der Waals surface area contributed by atoms with Crippen LogP contribution in [0.3, 0.4) is 0 Å². The van der Waals surface area contributed by atoms with Crippen molar-refractivity contribution in [2.45, 2.75) is 6.10 Å². The number of carbonyl (C=O) groups is 1. The summed E-state index contributed by atoms with van der Waals surface area (Å²) >= 11 is 0. The monoisotopic (exact) mass is 210 g/mol. The average molecular weight is 210 g/mol. The molecule has 0 radical (unpaired) electrons. The third-order valence-electron chi connectivity index (χ3n) is 2.12. The van der Waals surface area contributed by atoms with Crippen LogP contribution in [0.4, 0.5) is 0 Å². The van der Waals surface area contributed by atoms with Crippen molar-refractivity contribution in [3.8, 4) is 11.5 Å². The molecule has 0 bridgehead atoms. The molecule has 1 atom stereocenters. The van der Waals surface area contributed by atoms with Crippen molar-refractivity contribution in [3.05, 3.63) is 23.8 Å². The Morgan fingerprint density at radius 2 is 1.93 bits per heavy atom. The second-order valence-electron chi connectivity index (χ2n) is 2.90. The van der Waals surface area contributed by atoms with Crippen molar-refractivity contribution in [1.29, 1.82) is 0 Å². The Balaban J connectivity index is 3.15. The topological polar surface area (TPSA) is 44.8 Å². The van der Waals surface area contributed by atoms with Crippen LogP contribution in [0.5, 0.6) is 11.5 Å². The maximum absolute atomic E-state index is 10.8. The first-order valence-electron chi connectivity index (χ1n) is 4.46. The Morgan fingerprint density at radius 1 is 1.20 bits per heavy atom. The molecule has 1 unspecified atom stereocenters. The van der Waals surface area contributed by atoms with Crippen LogP contribution in [-0.2, 0) is 9.53 Å². The van der Waals surface area contributed by atoms with Crippen LogP contribution in [0.2, 0.25) is 0 Å². The minimum absolute atomic E-state index is 0.606. The molecule has 0 heterocycles. The van der Waals surface area contributed by atoms with E-state index < -0.39 is 6.10 Å². The molecule has 0 aliphatic carbocycles. The zero-order chi connectivity index (χ0) is 11.3. The number of methoxy groups -OCH3 is 3. The lowest BCUT2D eigenvalue weighted by molar-refractivity contribution is -0.116. The molecule has 0 N–H and O–H groups in total. The van der Waals surface area contributed by atoms with Crippen LogP contribution >= 0.6 is 0 Å². The fourth-order valence-electron chi connectivity index (χ4n) is 1.32. The van der Waals surface area contributed by atoms with Gasteiger partial charge in [0.05, 0.1) is 14.2 Å². The Labute approximate surface area is 88.8 Å². The van der Waals surface area contributed by atoms with Crippen molar-refractivity contribution < 1.29 is 19.0 Å². The molecule has 1 aromatic carbocycles. The van der Waals surface area contributed by atoms with Gasteiger partial charge in [0.2, 0.25) is 0 Å². The summed E-state index contributed by atoms with van der Waals surface area (Å²) in [6.07, 6.45) is 0.0900. The van der Waals surface area contributed by atoms with Gasteiger partial charge in [-0.2, -0.15) is 0 Å². The van der Waals surface area contributed by atoms with Gasteiger partial charge in [-0.15, -0.1) is 0 Å². The average Bonchev–Trinajstić information content (AvgIpc) is 2.30. The third-order valence-corrected chi connectivity index (χ3v) is 2.12. The molecule has 0 aliphatic heterocycles. The van der Waals surface area contributed by atoms with Crippen molar-refractivity contribution in [3.63, 3.8) is 0 Å². The van der Waals surface area contributed by atoms with Crippen LogP contribution in [0, 0.1) is 0 Å². The Bertz CT molecular complexity index is 335. The Morgan fingerprint density at radius 3 is 2.40 bits per heavy atom. The van der Waals surface area contributed by atoms with E-state index in [1.807, 2.05) is 0 Å². The van der Waals surface area contributed by atoms with Crippen molar-refractivity contribution in [2.75, 3.05) is 21.3 Å². The summed E-state index contributed by atoms with van der Waals surface area (Å²) in [4.78, 5) is 10.8. The molecule has 0 amide bonds. The number of aldehydes is 1. The molecular weight excluding hydrogens is 196 g/mol. The molecule has 15 heavy (non-hydrogen) atoms. The molecule has 1 rings (SSSR count). The van der Waals surface area contributed by atoms with Gasteiger partial charge in [-0.25, -0.2) is 0 Å². The minimum atomic E-state index is -0.630. The quantitative estimate of drug-likeness (QED) is 0.692. The number of hydrogen-bond acceptors (Lipinski definition) is 4.